The van der Waals surface area contributed by atoms with E-state index in [1.165, 1.54) is 5.56 Å². The summed E-state index contributed by atoms with van der Waals surface area (Å²) in [6.07, 6.45) is 3.27. The van der Waals surface area contributed by atoms with Gasteiger partial charge in [-0.15, -0.1) is 0 Å². The molecular formula is C16H20N2O3. The van der Waals surface area contributed by atoms with E-state index < -0.39 is 0 Å². The Labute approximate surface area is 123 Å². The molecule has 5 heteroatoms. The van der Waals surface area contributed by atoms with Crippen LogP contribution in [-0.4, -0.2) is 47.7 Å². The van der Waals surface area contributed by atoms with Crippen LogP contribution in [0, 0.1) is 5.92 Å². The minimum absolute atomic E-state index is 0.0898. The van der Waals surface area contributed by atoms with E-state index >= 15 is 0 Å². The molecule has 1 aromatic heterocycles. The van der Waals surface area contributed by atoms with E-state index in [0.717, 1.165) is 23.1 Å². The zero-order valence-corrected chi connectivity index (χ0v) is 12.1. The Morgan fingerprint density at radius 2 is 2.33 bits per heavy atom. The smallest absolute Gasteiger partial charge is 0.223 e. The van der Waals surface area contributed by atoms with Gasteiger partial charge in [-0.05, 0) is 30.2 Å². The van der Waals surface area contributed by atoms with Gasteiger partial charge in [-0.2, -0.15) is 0 Å². The first-order chi connectivity index (χ1) is 10.2. The van der Waals surface area contributed by atoms with Crippen molar-refractivity contribution in [3.63, 3.8) is 0 Å². The van der Waals surface area contributed by atoms with Crippen LogP contribution < -0.4 is 4.74 Å². The topological polar surface area (TPSA) is 65.6 Å². The number of hydrogen-bond donors (Lipinski definition) is 2. The molecule has 0 spiro atoms. The van der Waals surface area contributed by atoms with E-state index in [4.69, 9.17) is 9.84 Å². The number of aliphatic hydroxyl groups excluding tert-OH is 1. The van der Waals surface area contributed by atoms with Gasteiger partial charge in [0, 0.05) is 49.1 Å². The number of fused-ring (bicyclic) bond motifs is 1. The number of nitrogens with zero attached hydrogens (tertiary/aromatic N) is 1. The zero-order chi connectivity index (χ0) is 14.8. The van der Waals surface area contributed by atoms with Gasteiger partial charge in [-0.1, -0.05) is 0 Å². The molecule has 0 saturated carbocycles. The number of aliphatic hydroxyl groups is 1. The van der Waals surface area contributed by atoms with Gasteiger partial charge in [0.05, 0.1) is 7.11 Å². The van der Waals surface area contributed by atoms with Crippen LogP contribution in [-0.2, 0) is 11.2 Å². The highest BCUT2D eigenvalue weighted by molar-refractivity contribution is 5.84. The van der Waals surface area contributed by atoms with Crippen molar-refractivity contribution in [2.75, 3.05) is 26.8 Å². The highest BCUT2D eigenvalue weighted by atomic mass is 16.5. The predicted octanol–water partition coefficient (Wildman–Crippen LogP) is 1.56. The molecule has 1 fully saturated rings. The molecule has 1 atom stereocenters. The number of aromatic amines is 1. The zero-order valence-electron chi connectivity index (χ0n) is 12.1. The van der Waals surface area contributed by atoms with Gasteiger partial charge < -0.3 is 19.7 Å². The molecule has 0 radical (unpaired) electrons. The number of likely N-dealkylation sites (tertiary alicyclic amines) is 1. The fourth-order valence-electron chi connectivity index (χ4n) is 2.94. The first-order valence-corrected chi connectivity index (χ1v) is 7.24. The maximum atomic E-state index is 11.9. The van der Waals surface area contributed by atoms with Crippen molar-refractivity contribution >= 4 is 16.8 Å². The van der Waals surface area contributed by atoms with Crippen molar-refractivity contribution in [3.8, 4) is 5.75 Å². The van der Waals surface area contributed by atoms with E-state index in [2.05, 4.69) is 4.98 Å². The van der Waals surface area contributed by atoms with Crippen molar-refractivity contribution < 1.29 is 14.6 Å². The molecule has 1 aromatic carbocycles. The average molecular weight is 288 g/mol. The molecule has 1 aliphatic heterocycles. The number of hydrogen-bond acceptors (Lipinski definition) is 3. The molecule has 112 valence electrons. The van der Waals surface area contributed by atoms with Gasteiger partial charge >= 0.3 is 0 Å². The lowest BCUT2D eigenvalue weighted by Gasteiger charge is -2.15. The molecule has 1 unspecified atom stereocenters. The highest BCUT2D eigenvalue weighted by Gasteiger charge is 2.28. The molecule has 2 heterocycles. The normalized spacial score (nSPS) is 18.7. The number of rotatable bonds is 5. The van der Waals surface area contributed by atoms with Crippen molar-refractivity contribution in [2.24, 2.45) is 5.92 Å². The van der Waals surface area contributed by atoms with Crippen molar-refractivity contribution in [1.82, 2.24) is 9.88 Å². The first kappa shape index (κ1) is 13.9. The Bertz CT molecular complexity index is 650. The van der Waals surface area contributed by atoms with Crippen LogP contribution in [0.5, 0.6) is 5.75 Å². The number of nitrogens with one attached hydrogen (secondary N) is 1. The van der Waals surface area contributed by atoms with E-state index in [0.29, 0.717) is 19.5 Å². The van der Waals surface area contributed by atoms with Gasteiger partial charge in [-0.3, -0.25) is 4.79 Å². The maximum absolute atomic E-state index is 11.9. The van der Waals surface area contributed by atoms with Crippen molar-refractivity contribution in [3.05, 3.63) is 30.0 Å². The van der Waals surface area contributed by atoms with Gasteiger partial charge in [0.25, 0.3) is 0 Å². The van der Waals surface area contributed by atoms with E-state index in [9.17, 15) is 4.79 Å². The molecule has 2 aromatic rings. The minimum atomic E-state index is 0.0898. The summed E-state index contributed by atoms with van der Waals surface area (Å²) in [4.78, 5) is 16.9. The van der Waals surface area contributed by atoms with Crippen LogP contribution in [0.15, 0.2) is 24.4 Å². The quantitative estimate of drug-likeness (QED) is 0.877. The maximum Gasteiger partial charge on any atom is 0.223 e. The molecule has 21 heavy (non-hydrogen) atoms. The summed E-state index contributed by atoms with van der Waals surface area (Å²) in [5.74, 6) is 1.08. The third-order valence-corrected chi connectivity index (χ3v) is 4.18. The Morgan fingerprint density at radius 1 is 1.48 bits per heavy atom. The number of H-pyrrole nitrogens is 1. The largest absolute Gasteiger partial charge is 0.497 e. The van der Waals surface area contributed by atoms with Crippen molar-refractivity contribution in [2.45, 2.75) is 12.8 Å². The Balaban J connectivity index is 1.72. The lowest BCUT2D eigenvalue weighted by atomic mass is 10.1. The van der Waals surface area contributed by atoms with Gasteiger partial charge in [0.2, 0.25) is 5.91 Å². The van der Waals surface area contributed by atoms with Gasteiger partial charge in [0.1, 0.15) is 5.75 Å². The first-order valence-electron chi connectivity index (χ1n) is 7.24. The SMILES string of the molecule is COc1ccc2[nH]cc(CCN3CC(CO)CC3=O)c2c1. The van der Waals surface area contributed by atoms with Crippen LogP contribution in [0.4, 0.5) is 0 Å². The van der Waals surface area contributed by atoms with Crippen LogP contribution in [0.1, 0.15) is 12.0 Å². The Kier molecular flexibility index (Phi) is 3.84. The monoisotopic (exact) mass is 288 g/mol. The molecule has 0 aliphatic carbocycles. The van der Waals surface area contributed by atoms with E-state index in [-0.39, 0.29) is 18.4 Å². The van der Waals surface area contributed by atoms with Gasteiger partial charge in [-0.25, -0.2) is 0 Å². The lowest BCUT2D eigenvalue weighted by Crippen LogP contribution is -2.27. The number of amides is 1. The molecule has 1 aliphatic rings. The third-order valence-electron chi connectivity index (χ3n) is 4.18. The second kappa shape index (κ2) is 5.77. The summed E-state index contributed by atoms with van der Waals surface area (Å²) >= 11 is 0. The molecule has 1 saturated heterocycles. The molecule has 1 amide bonds. The summed E-state index contributed by atoms with van der Waals surface area (Å²) in [5.41, 5.74) is 2.26. The number of carbonyl (C=O) groups is 1. The predicted molar refractivity (Wildman–Crippen MR) is 80.3 cm³/mol. The Morgan fingerprint density at radius 3 is 3.05 bits per heavy atom. The van der Waals surface area contributed by atoms with Crippen molar-refractivity contribution in [1.29, 1.82) is 0 Å². The fraction of sp³-hybridized carbons (Fsp3) is 0.438. The number of aromatic nitrogens is 1. The summed E-state index contributed by atoms with van der Waals surface area (Å²) in [6, 6.07) is 5.95. The second-order valence-corrected chi connectivity index (χ2v) is 5.57. The minimum Gasteiger partial charge on any atom is -0.497 e. The lowest BCUT2D eigenvalue weighted by molar-refractivity contribution is -0.127. The fourth-order valence-corrected chi connectivity index (χ4v) is 2.94. The van der Waals surface area contributed by atoms with E-state index in [1.54, 1.807) is 7.11 Å². The van der Waals surface area contributed by atoms with Crippen LogP contribution in [0.2, 0.25) is 0 Å². The van der Waals surface area contributed by atoms with Crippen LogP contribution in [0.3, 0.4) is 0 Å². The average Bonchev–Trinajstić information content (AvgIpc) is 3.07. The molecule has 3 rings (SSSR count). The number of ether oxygens (including phenoxy) is 1. The van der Waals surface area contributed by atoms with Gasteiger partial charge in [0.15, 0.2) is 0 Å². The number of carbonyl (C=O) groups excluding carboxylic acids is 1. The second-order valence-electron chi connectivity index (χ2n) is 5.57. The van der Waals surface area contributed by atoms with Crippen LogP contribution >= 0.6 is 0 Å². The Hall–Kier alpha value is -2.01. The molecular weight excluding hydrogens is 268 g/mol. The van der Waals surface area contributed by atoms with Crippen LogP contribution in [0.25, 0.3) is 10.9 Å². The standard InChI is InChI=1S/C16H20N2O3/c1-21-13-2-3-15-14(7-13)12(8-17-15)4-5-18-9-11(10-19)6-16(18)20/h2-3,7-8,11,17,19H,4-6,9-10H2,1H3. The number of methoxy groups -OCH3 is 1. The summed E-state index contributed by atoms with van der Waals surface area (Å²) in [6.45, 7) is 1.45. The molecule has 0 bridgehead atoms. The highest BCUT2D eigenvalue weighted by Crippen LogP contribution is 2.25. The summed E-state index contributed by atoms with van der Waals surface area (Å²) < 4.78 is 5.26. The molecule has 5 nitrogen and oxygen atoms in total. The number of benzene rings is 1. The summed E-state index contributed by atoms with van der Waals surface area (Å²) in [7, 11) is 1.66. The van der Waals surface area contributed by atoms with E-state index in [1.807, 2.05) is 29.3 Å². The molecule has 2 N–H and O–H groups in total. The third kappa shape index (κ3) is 2.74. The summed E-state index contributed by atoms with van der Waals surface area (Å²) in [5, 5.41) is 10.3.